The molecule has 0 radical (unpaired) electrons. The van der Waals surface area contributed by atoms with Gasteiger partial charge in [-0.3, -0.25) is 0 Å². The van der Waals surface area contributed by atoms with E-state index < -0.39 is 5.60 Å². The number of aromatic nitrogens is 3. The topological polar surface area (TPSA) is 60.3 Å². The maximum absolute atomic E-state index is 12.2. The third-order valence-electron chi connectivity index (χ3n) is 4.14. The third-order valence-corrected chi connectivity index (χ3v) is 4.46. The Balaban J connectivity index is 1.78. The molecule has 0 spiro atoms. The lowest BCUT2D eigenvalue weighted by Crippen LogP contribution is -2.39. The Morgan fingerprint density at radius 1 is 1.27 bits per heavy atom. The van der Waals surface area contributed by atoms with E-state index in [9.17, 15) is 4.79 Å². The van der Waals surface area contributed by atoms with Crippen LogP contribution in [0.2, 0.25) is 5.02 Å². The van der Waals surface area contributed by atoms with Gasteiger partial charge in [-0.05, 0) is 51.8 Å². The Morgan fingerprint density at radius 3 is 2.62 bits per heavy atom. The van der Waals surface area contributed by atoms with Crippen molar-refractivity contribution in [3.63, 3.8) is 0 Å². The first-order chi connectivity index (χ1) is 12.3. The first-order valence-electron chi connectivity index (χ1n) is 8.61. The van der Waals surface area contributed by atoms with E-state index in [4.69, 9.17) is 16.3 Å². The predicted octanol–water partition coefficient (Wildman–Crippen LogP) is 4.25. The van der Waals surface area contributed by atoms with Gasteiger partial charge in [-0.25, -0.2) is 9.48 Å². The minimum absolute atomic E-state index is 0.288. The van der Waals surface area contributed by atoms with Gasteiger partial charge < -0.3 is 9.64 Å². The Morgan fingerprint density at radius 2 is 2.00 bits per heavy atom. The lowest BCUT2D eigenvalue weighted by Gasteiger charge is -2.29. The summed E-state index contributed by atoms with van der Waals surface area (Å²) in [5.74, 6) is 0. The van der Waals surface area contributed by atoms with Gasteiger partial charge in [0.2, 0.25) is 0 Å². The van der Waals surface area contributed by atoms with Crippen LogP contribution < -0.4 is 0 Å². The van der Waals surface area contributed by atoms with Crippen LogP contribution in [0.1, 0.15) is 38.6 Å². The van der Waals surface area contributed by atoms with Crippen molar-refractivity contribution in [2.75, 3.05) is 13.1 Å². The fraction of sp³-hybridized carbons (Fsp3) is 0.421. The lowest BCUT2D eigenvalue weighted by atomic mass is 10.0. The van der Waals surface area contributed by atoms with E-state index in [1.165, 1.54) is 0 Å². The molecule has 1 aromatic heterocycles. The minimum atomic E-state index is -0.491. The molecule has 0 fully saturated rings. The normalized spacial score (nSPS) is 15.0. The van der Waals surface area contributed by atoms with Gasteiger partial charge in [0, 0.05) is 13.1 Å². The predicted molar refractivity (Wildman–Crippen MR) is 102 cm³/mol. The number of carbonyl (C=O) groups excluding carboxylic acids is 1. The smallest absolute Gasteiger partial charge is 0.410 e. The van der Waals surface area contributed by atoms with Crippen LogP contribution >= 0.6 is 11.6 Å². The Hall–Kier alpha value is -2.34. The van der Waals surface area contributed by atoms with Crippen LogP contribution in [0.3, 0.4) is 0 Å². The van der Waals surface area contributed by atoms with E-state index >= 15 is 0 Å². The number of carbonyl (C=O) groups is 1. The summed E-state index contributed by atoms with van der Waals surface area (Å²) < 4.78 is 7.18. The third kappa shape index (κ3) is 3.90. The molecule has 2 aromatic rings. The van der Waals surface area contributed by atoms with E-state index in [-0.39, 0.29) is 6.09 Å². The van der Waals surface area contributed by atoms with Gasteiger partial charge in [-0.2, -0.15) is 0 Å². The number of halogens is 1. The molecule has 0 saturated heterocycles. The highest BCUT2D eigenvalue weighted by atomic mass is 35.5. The maximum atomic E-state index is 12.2. The summed E-state index contributed by atoms with van der Waals surface area (Å²) >= 11 is 6.27. The lowest BCUT2D eigenvalue weighted by molar-refractivity contribution is 0.0270. The van der Waals surface area contributed by atoms with Crippen LogP contribution in [0.5, 0.6) is 0 Å². The van der Waals surface area contributed by atoms with E-state index in [1.54, 1.807) is 9.58 Å². The fourth-order valence-electron chi connectivity index (χ4n) is 2.85. The molecule has 1 aliphatic heterocycles. The second kappa shape index (κ2) is 7.11. The molecule has 26 heavy (non-hydrogen) atoms. The van der Waals surface area contributed by atoms with Crippen molar-refractivity contribution in [3.8, 4) is 5.69 Å². The van der Waals surface area contributed by atoms with Crippen molar-refractivity contribution < 1.29 is 9.53 Å². The minimum Gasteiger partial charge on any atom is -0.444 e. The molecular formula is C19H23ClN4O2. The van der Waals surface area contributed by atoms with Crippen molar-refractivity contribution in [2.45, 2.75) is 39.7 Å². The Kier molecular flexibility index (Phi) is 5.05. The fourth-order valence-corrected chi connectivity index (χ4v) is 3.07. The molecular weight excluding hydrogens is 352 g/mol. The summed E-state index contributed by atoms with van der Waals surface area (Å²) in [6.07, 6.45) is 2.44. The Bertz CT molecular complexity index is 851. The molecule has 1 aromatic carbocycles. The SMILES string of the molecule is Cc1c(C2=CCN(C(=O)OC(C)(C)C)CC2)nnn1-c1ccccc1Cl. The number of hydrogen-bond donors (Lipinski definition) is 0. The number of amides is 1. The number of para-hydroxylation sites is 1. The summed E-state index contributed by atoms with van der Waals surface area (Å²) in [7, 11) is 0. The molecule has 0 aliphatic carbocycles. The number of hydrogen-bond acceptors (Lipinski definition) is 4. The van der Waals surface area contributed by atoms with E-state index in [2.05, 4.69) is 10.3 Å². The number of rotatable bonds is 2. The standard InChI is InChI=1S/C19H23ClN4O2/c1-13-17(21-22-24(13)16-8-6-5-7-15(16)20)14-9-11-23(12-10-14)18(25)26-19(2,3)4/h5-9H,10-12H2,1-4H3. The van der Waals surface area contributed by atoms with Gasteiger partial charge in [0.1, 0.15) is 11.3 Å². The second-order valence-corrected chi connectivity index (χ2v) is 7.70. The van der Waals surface area contributed by atoms with Crippen LogP contribution in [0.15, 0.2) is 30.3 Å². The molecule has 0 atom stereocenters. The molecule has 1 aliphatic rings. The quantitative estimate of drug-likeness (QED) is 0.788. The summed E-state index contributed by atoms with van der Waals surface area (Å²) in [6.45, 7) is 8.67. The van der Waals surface area contributed by atoms with Gasteiger partial charge in [-0.1, -0.05) is 35.0 Å². The molecule has 0 saturated carbocycles. The van der Waals surface area contributed by atoms with Crippen LogP contribution in [0, 0.1) is 6.92 Å². The van der Waals surface area contributed by atoms with Crippen molar-refractivity contribution >= 4 is 23.3 Å². The van der Waals surface area contributed by atoms with Gasteiger partial charge in [0.15, 0.2) is 0 Å². The molecule has 0 bridgehead atoms. The maximum Gasteiger partial charge on any atom is 0.410 e. The number of benzene rings is 1. The summed E-state index contributed by atoms with van der Waals surface area (Å²) in [4.78, 5) is 13.9. The summed E-state index contributed by atoms with van der Waals surface area (Å²) in [6, 6.07) is 7.54. The molecule has 138 valence electrons. The largest absolute Gasteiger partial charge is 0.444 e. The molecule has 6 nitrogen and oxygen atoms in total. The first-order valence-corrected chi connectivity index (χ1v) is 8.98. The van der Waals surface area contributed by atoms with E-state index in [1.807, 2.05) is 58.0 Å². The Labute approximate surface area is 158 Å². The van der Waals surface area contributed by atoms with Crippen LogP contribution in [0.25, 0.3) is 11.3 Å². The van der Waals surface area contributed by atoms with E-state index in [0.29, 0.717) is 24.5 Å². The van der Waals surface area contributed by atoms with Gasteiger partial charge in [-0.15, -0.1) is 5.10 Å². The van der Waals surface area contributed by atoms with Crippen molar-refractivity contribution in [1.29, 1.82) is 0 Å². The summed E-state index contributed by atoms with van der Waals surface area (Å²) in [5.41, 5.74) is 3.16. The average Bonchev–Trinajstić information content (AvgIpc) is 2.95. The van der Waals surface area contributed by atoms with Gasteiger partial charge in [0.25, 0.3) is 0 Å². The second-order valence-electron chi connectivity index (χ2n) is 7.29. The van der Waals surface area contributed by atoms with Gasteiger partial charge >= 0.3 is 6.09 Å². The van der Waals surface area contributed by atoms with Crippen molar-refractivity contribution in [3.05, 3.63) is 46.8 Å². The molecule has 7 heteroatoms. The highest BCUT2D eigenvalue weighted by Gasteiger charge is 2.25. The average molecular weight is 375 g/mol. The molecule has 0 unspecified atom stereocenters. The first kappa shape index (κ1) is 18.5. The van der Waals surface area contributed by atoms with Crippen LogP contribution in [-0.4, -0.2) is 44.7 Å². The zero-order valence-corrected chi connectivity index (χ0v) is 16.2. The monoisotopic (exact) mass is 374 g/mol. The molecule has 1 amide bonds. The van der Waals surface area contributed by atoms with Gasteiger partial charge in [0.05, 0.1) is 16.4 Å². The molecule has 2 heterocycles. The highest BCUT2D eigenvalue weighted by Crippen LogP contribution is 2.27. The van der Waals surface area contributed by atoms with Crippen molar-refractivity contribution in [2.24, 2.45) is 0 Å². The zero-order valence-electron chi connectivity index (χ0n) is 15.5. The van der Waals surface area contributed by atoms with Crippen LogP contribution in [-0.2, 0) is 4.74 Å². The van der Waals surface area contributed by atoms with E-state index in [0.717, 1.165) is 22.6 Å². The number of nitrogens with zero attached hydrogens (tertiary/aromatic N) is 4. The van der Waals surface area contributed by atoms with Crippen LogP contribution in [0.4, 0.5) is 4.79 Å². The molecule has 3 rings (SSSR count). The van der Waals surface area contributed by atoms with Crippen molar-refractivity contribution in [1.82, 2.24) is 19.9 Å². The zero-order chi connectivity index (χ0) is 18.9. The highest BCUT2D eigenvalue weighted by molar-refractivity contribution is 6.32. The summed E-state index contributed by atoms with van der Waals surface area (Å²) in [5, 5.41) is 9.22. The number of ether oxygens (including phenoxy) is 1. The molecule has 0 N–H and O–H groups in total.